The number of β-amino-alcohol motifs (C(OH)–C–C–N with tert-alkyl or cyclic N) is 1. The highest BCUT2D eigenvalue weighted by atomic mass is 19.4. The van der Waals surface area contributed by atoms with Gasteiger partial charge in [0.15, 0.2) is 0 Å². The summed E-state index contributed by atoms with van der Waals surface area (Å²) in [6.45, 7) is 3.34. The number of benzene rings is 1. The number of halogens is 3. The quantitative estimate of drug-likeness (QED) is 0.898. The van der Waals surface area contributed by atoms with E-state index in [1.54, 1.807) is 25.3 Å². The topological polar surface area (TPSA) is 35.9 Å². The molecular formula is C16H23F3N2O2. The summed E-state index contributed by atoms with van der Waals surface area (Å²) in [5.41, 5.74) is 0.746. The Kier molecular flexibility index (Phi) is 5.89. The number of ether oxygens (including phenoxy) is 1. The molecule has 0 saturated carbocycles. The van der Waals surface area contributed by atoms with Crippen molar-refractivity contribution in [1.82, 2.24) is 9.80 Å². The molecule has 1 fully saturated rings. The number of nitrogens with zero attached hydrogens (tertiary/aromatic N) is 2. The molecule has 0 aliphatic carbocycles. The van der Waals surface area contributed by atoms with E-state index in [4.69, 9.17) is 4.74 Å². The first-order chi connectivity index (χ1) is 10.8. The van der Waals surface area contributed by atoms with Crippen LogP contribution in [-0.2, 0) is 0 Å². The maximum Gasteiger partial charge on any atom is 0.403 e. The third-order valence-electron chi connectivity index (χ3n) is 4.34. The lowest BCUT2D eigenvalue weighted by atomic mass is 10.1. The number of methoxy groups -OCH3 is 1. The fourth-order valence-electron chi connectivity index (χ4n) is 2.74. The first-order valence-electron chi connectivity index (χ1n) is 7.66. The molecule has 1 aromatic carbocycles. The first kappa shape index (κ1) is 18.0. The van der Waals surface area contributed by atoms with Gasteiger partial charge in [-0.1, -0.05) is 12.1 Å². The minimum atomic E-state index is -4.19. The molecule has 2 unspecified atom stereocenters. The van der Waals surface area contributed by atoms with Crippen molar-refractivity contribution in [2.75, 3.05) is 39.8 Å². The van der Waals surface area contributed by atoms with E-state index in [2.05, 4.69) is 0 Å². The summed E-state index contributed by atoms with van der Waals surface area (Å²) in [6, 6.07) is 5.77. The Balaban J connectivity index is 1.86. The summed E-state index contributed by atoms with van der Waals surface area (Å²) in [7, 11) is 1.56. The zero-order valence-corrected chi connectivity index (χ0v) is 13.4. The van der Waals surface area contributed by atoms with Gasteiger partial charge in [0.05, 0.1) is 13.2 Å². The van der Waals surface area contributed by atoms with Gasteiger partial charge in [-0.25, -0.2) is 0 Å². The van der Waals surface area contributed by atoms with Crippen LogP contribution >= 0.6 is 0 Å². The number of aliphatic hydroxyl groups is 1. The molecule has 7 heteroatoms. The summed E-state index contributed by atoms with van der Waals surface area (Å²) < 4.78 is 43.3. The average Bonchev–Trinajstić information content (AvgIpc) is 2.54. The molecule has 1 saturated heterocycles. The maximum absolute atomic E-state index is 12.7. The van der Waals surface area contributed by atoms with Gasteiger partial charge in [-0.3, -0.25) is 9.80 Å². The summed E-state index contributed by atoms with van der Waals surface area (Å²) in [5, 5.41) is 10.3. The molecule has 0 radical (unpaired) electrons. The second-order valence-corrected chi connectivity index (χ2v) is 5.85. The summed E-state index contributed by atoms with van der Waals surface area (Å²) in [6.07, 6.45) is -4.88. The van der Waals surface area contributed by atoms with Crippen LogP contribution in [0.2, 0.25) is 0 Å². The highest BCUT2D eigenvalue weighted by Crippen LogP contribution is 2.26. The van der Waals surface area contributed by atoms with E-state index in [1.807, 2.05) is 11.0 Å². The van der Waals surface area contributed by atoms with Crippen molar-refractivity contribution < 1.29 is 23.0 Å². The monoisotopic (exact) mass is 332 g/mol. The molecule has 2 rings (SSSR count). The number of piperazine rings is 1. The van der Waals surface area contributed by atoms with E-state index in [9.17, 15) is 18.3 Å². The summed E-state index contributed by atoms with van der Waals surface area (Å²) >= 11 is 0. The minimum absolute atomic E-state index is 0.353. The Morgan fingerprint density at radius 3 is 2.43 bits per heavy atom. The van der Waals surface area contributed by atoms with E-state index < -0.39 is 18.3 Å². The van der Waals surface area contributed by atoms with Crippen molar-refractivity contribution >= 4 is 0 Å². The molecule has 130 valence electrons. The van der Waals surface area contributed by atoms with Gasteiger partial charge in [-0.05, 0) is 24.6 Å². The normalized spacial score (nSPS) is 20.3. The number of hydrogen-bond donors (Lipinski definition) is 1. The lowest BCUT2D eigenvalue weighted by molar-refractivity contribution is -0.182. The van der Waals surface area contributed by atoms with Crippen LogP contribution in [0.1, 0.15) is 18.6 Å². The molecule has 1 aliphatic rings. The lowest BCUT2D eigenvalue weighted by Gasteiger charge is -2.39. The Hall–Kier alpha value is -1.31. The standard InChI is InChI=1S/C16H23F3N2O2/c1-12(16(17,18)19)21-8-6-20(7-9-21)11-15(22)13-4-3-5-14(10-13)23-2/h3-5,10,12,15,22H,6-9,11H2,1-2H3. The largest absolute Gasteiger partial charge is 0.497 e. The molecule has 1 aliphatic heterocycles. The molecule has 0 aromatic heterocycles. The molecule has 2 atom stereocenters. The van der Waals surface area contributed by atoms with E-state index in [-0.39, 0.29) is 0 Å². The minimum Gasteiger partial charge on any atom is -0.497 e. The van der Waals surface area contributed by atoms with E-state index in [0.29, 0.717) is 38.5 Å². The zero-order valence-electron chi connectivity index (χ0n) is 13.4. The van der Waals surface area contributed by atoms with Crippen molar-refractivity contribution in [3.8, 4) is 5.75 Å². The Bertz CT molecular complexity index is 502. The lowest BCUT2D eigenvalue weighted by Crippen LogP contribution is -2.54. The highest BCUT2D eigenvalue weighted by molar-refractivity contribution is 5.29. The van der Waals surface area contributed by atoms with Crippen molar-refractivity contribution in [1.29, 1.82) is 0 Å². The smallest absolute Gasteiger partial charge is 0.403 e. The van der Waals surface area contributed by atoms with Crippen LogP contribution in [0.15, 0.2) is 24.3 Å². The fourth-order valence-corrected chi connectivity index (χ4v) is 2.74. The summed E-state index contributed by atoms with van der Waals surface area (Å²) in [4.78, 5) is 3.43. The van der Waals surface area contributed by atoms with Gasteiger partial charge in [-0.15, -0.1) is 0 Å². The van der Waals surface area contributed by atoms with E-state index in [0.717, 1.165) is 5.56 Å². The Labute approximate surface area is 134 Å². The SMILES string of the molecule is COc1cccc(C(O)CN2CCN(C(C)C(F)(F)F)CC2)c1. The highest BCUT2D eigenvalue weighted by Gasteiger charge is 2.40. The van der Waals surface area contributed by atoms with Gasteiger partial charge in [-0.2, -0.15) is 13.2 Å². The van der Waals surface area contributed by atoms with Crippen LogP contribution in [-0.4, -0.2) is 67.0 Å². The van der Waals surface area contributed by atoms with Crippen LogP contribution in [0.25, 0.3) is 0 Å². The molecule has 1 heterocycles. The zero-order chi connectivity index (χ0) is 17.0. The Morgan fingerprint density at radius 2 is 1.87 bits per heavy atom. The van der Waals surface area contributed by atoms with Crippen molar-refractivity contribution in [2.45, 2.75) is 25.2 Å². The van der Waals surface area contributed by atoms with Gasteiger partial charge in [0.1, 0.15) is 11.8 Å². The van der Waals surface area contributed by atoms with Gasteiger partial charge in [0.2, 0.25) is 0 Å². The molecule has 0 bridgehead atoms. The van der Waals surface area contributed by atoms with Gasteiger partial charge >= 0.3 is 6.18 Å². The average molecular weight is 332 g/mol. The molecule has 23 heavy (non-hydrogen) atoms. The second kappa shape index (κ2) is 7.51. The maximum atomic E-state index is 12.7. The molecular weight excluding hydrogens is 309 g/mol. The first-order valence-corrected chi connectivity index (χ1v) is 7.66. The van der Waals surface area contributed by atoms with Crippen molar-refractivity contribution in [3.05, 3.63) is 29.8 Å². The molecule has 1 aromatic rings. The molecule has 0 amide bonds. The second-order valence-electron chi connectivity index (χ2n) is 5.85. The van der Waals surface area contributed by atoms with Gasteiger partial charge < -0.3 is 9.84 Å². The van der Waals surface area contributed by atoms with Crippen LogP contribution in [0, 0.1) is 0 Å². The van der Waals surface area contributed by atoms with Crippen LogP contribution in [0.3, 0.4) is 0 Å². The van der Waals surface area contributed by atoms with Crippen LogP contribution in [0.4, 0.5) is 13.2 Å². The Morgan fingerprint density at radius 1 is 1.22 bits per heavy atom. The molecule has 1 N–H and O–H groups in total. The number of hydrogen-bond acceptors (Lipinski definition) is 4. The van der Waals surface area contributed by atoms with Crippen molar-refractivity contribution in [2.24, 2.45) is 0 Å². The molecule has 4 nitrogen and oxygen atoms in total. The number of rotatable bonds is 5. The van der Waals surface area contributed by atoms with Crippen LogP contribution < -0.4 is 4.74 Å². The van der Waals surface area contributed by atoms with E-state index >= 15 is 0 Å². The van der Waals surface area contributed by atoms with E-state index in [1.165, 1.54) is 11.8 Å². The van der Waals surface area contributed by atoms with Crippen LogP contribution in [0.5, 0.6) is 5.75 Å². The van der Waals surface area contributed by atoms with Gasteiger partial charge in [0.25, 0.3) is 0 Å². The third-order valence-corrected chi connectivity index (χ3v) is 4.34. The third kappa shape index (κ3) is 4.83. The molecule has 0 spiro atoms. The summed E-state index contributed by atoms with van der Waals surface area (Å²) in [5.74, 6) is 0.672. The fraction of sp³-hybridized carbons (Fsp3) is 0.625. The number of alkyl halides is 3. The predicted octanol–water partition coefficient (Wildman–Crippen LogP) is 2.30. The number of aliphatic hydroxyl groups excluding tert-OH is 1. The van der Waals surface area contributed by atoms with Crippen molar-refractivity contribution in [3.63, 3.8) is 0 Å². The van der Waals surface area contributed by atoms with Gasteiger partial charge in [0, 0.05) is 32.7 Å². The predicted molar refractivity (Wildman–Crippen MR) is 81.5 cm³/mol.